The van der Waals surface area contributed by atoms with Crippen molar-refractivity contribution >= 4 is 43.7 Å². The van der Waals surface area contributed by atoms with Crippen LogP contribution >= 0.6 is 0 Å². The Morgan fingerprint density at radius 1 is 0.441 bits per heavy atom. The standard InChI is InChI=1S/C54H36N4O/c1-54(2)44-24-11-9-21-39(44)41-29-30-42-40-22-10-12-25-45(40)58(50(42)49(41)54)37-20-13-19-35(31-37)52-55-51(34-17-7-4-8-18-34)56-53(57-52)36-27-28-43-47(32-36)59-46-26-14-23-38(48(43)46)33-15-5-3-6-16-33/h3-32H,1-2H3. The third-order valence-corrected chi connectivity index (χ3v) is 12.2. The molecule has 3 aromatic heterocycles. The van der Waals surface area contributed by atoms with Gasteiger partial charge in [-0.2, -0.15) is 0 Å². The molecule has 278 valence electrons. The molecule has 0 atom stereocenters. The fourth-order valence-electron chi connectivity index (χ4n) is 9.54. The van der Waals surface area contributed by atoms with E-state index in [2.05, 4.69) is 158 Å². The van der Waals surface area contributed by atoms with Gasteiger partial charge < -0.3 is 8.98 Å². The second-order valence-electron chi connectivity index (χ2n) is 16.0. The SMILES string of the molecule is CC1(C)c2ccccc2-c2ccc3c4ccccc4n(-c4cccc(-c5nc(-c6ccccc6)nc(-c6ccc7c(c6)oc6cccc(-c8ccccc8)c67)n5)c4)c3c21. The average molecular weight is 757 g/mol. The monoisotopic (exact) mass is 756 g/mol. The van der Waals surface area contributed by atoms with Crippen molar-refractivity contribution in [3.05, 3.63) is 193 Å². The van der Waals surface area contributed by atoms with Crippen molar-refractivity contribution < 1.29 is 4.42 Å². The van der Waals surface area contributed by atoms with Crippen molar-refractivity contribution in [1.82, 2.24) is 19.5 Å². The Bertz CT molecular complexity index is 3470. The van der Waals surface area contributed by atoms with Crippen molar-refractivity contribution in [2.24, 2.45) is 0 Å². The van der Waals surface area contributed by atoms with Gasteiger partial charge >= 0.3 is 0 Å². The largest absolute Gasteiger partial charge is 0.456 e. The lowest BCUT2D eigenvalue weighted by molar-refractivity contribution is 0.664. The van der Waals surface area contributed by atoms with Crippen LogP contribution in [0.3, 0.4) is 0 Å². The maximum atomic E-state index is 6.53. The lowest BCUT2D eigenvalue weighted by Gasteiger charge is -2.23. The molecule has 0 bridgehead atoms. The Labute approximate surface area is 340 Å². The molecule has 1 aliphatic rings. The van der Waals surface area contributed by atoms with E-state index in [1.807, 2.05) is 42.5 Å². The first-order valence-corrected chi connectivity index (χ1v) is 20.1. The molecule has 8 aromatic carbocycles. The van der Waals surface area contributed by atoms with Gasteiger partial charge in [-0.15, -0.1) is 0 Å². The number of rotatable bonds is 5. The van der Waals surface area contributed by atoms with E-state index in [0.29, 0.717) is 17.5 Å². The van der Waals surface area contributed by atoms with Gasteiger partial charge in [0.25, 0.3) is 0 Å². The molecule has 0 spiro atoms. The molecule has 0 fully saturated rings. The highest BCUT2D eigenvalue weighted by molar-refractivity contribution is 6.14. The molecule has 0 saturated heterocycles. The summed E-state index contributed by atoms with van der Waals surface area (Å²) in [6.45, 7) is 4.72. The summed E-state index contributed by atoms with van der Waals surface area (Å²) in [5.41, 5.74) is 15.2. The molecule has 5 heteroatoms. The summed E-state index contributed by atoms with van der Waals surface area (Å²) in [6, 6.07) is 64.0. The molecular weight excluding hydrogens is 721 g/mol. The van der Waals surface area contributed by atoms with Crippen LogP contribution in [0.1, 0.15) is 25.0 Å². The number of nitrogens with zero attached hydrogens (tertiary/aromatic N) is 4. The highest BCUT2D eigenvalue weighted by atomic mass is 16.3. The van der Waals surface area contributed by atoms with Crippen molar-refractivity contribution in [1.29, 1.82) is 0 Å². The molecule has 0 aliphatic heterocycles. The van der Waals surface area contributed by atoms with Crippen LogP contribution in [0.2, 0.25) is 0 Å². The fraction of sp³-hybridized carbons (Fsp3) is 0.0556. The van der Waals surface area contributed by atoms with Gasteiger partial charge in [0.15, 0.2) is 17.5 Å². The van der Waals surface area contributed by atoms with Crippen LogP contribution < -0.4 is 0 Å². The predicted octanol–water partition coefficient (Wildman–Crippen LogP) is 13.8. The Balaban J connectivity index is 1.04. The summed E-state index contributed by atoms with van der Waals surface area (Å²) >= 11 is 0. The molecule has 0 radical (unpaired) electrons. The van der Waals surface area contributed by atoms with E-state index >= 15 is 0 Å². The lowest BCUT2D eigenvalue weighted by Crippen LogP contribution is -2.16. The van der Waals surface area contributed by atoms with Crippen LogP contribution in [0, 0.1) is 0 Å². The van der Waals surface area contributed by atoms with Gasteiger partial charge in [-0.25, -0.2) is 15.0 Å². The van der Waals surface area contributed by atoms with Gasteiger partial charge in [-0.1, -0.05) is 159 Å². The molecule has 0 amide bonds. The van der Waals surface area contributed by atoms with E-state index < -0.39 is 0 Å². The van der Waals surface area contributed by atoms with Crippen LogP contribution in [0.25, 0.3) is 106 Å². The smallest absolute Gasteiger partial charge is 0.164 e. The van der Waals surface area contributed by atoms with Gasteiger partial charge in [-0.3, -0.25) is 0 Å². The van der Waals surface area contributed by atoms with Gasteiger partial charge in [-0.05, 0) is 69.8 Å². The third-order valence-electron chi connectivity index (χ3n) is 12.2. The van der Waals surface area contributed by atoms with Crippen LogP contribution in [-0.4, -0.2) is 19.5 Å². The van der Waals surface area contributed by atoms with Crippen LogP contribution in [-0.2, 0) is 5.41 Å². The highest BCUT2D eigenvalue weighted by Gasteiger charge is 2.38. The normalized spacial score (nSPS) is 13.1. The Morgan fingerprint density at radius 2 is 1.07 bits per heavy atom. The Hall–Kier alpha value is -7.63. The van der Waals surface area contributed by atoms with Gasteiger partial charge in [0.2, 0.25) is 0 Å². The first-order valence-electron chi connectivity index (χ1n) is 20.1. The molecule has 12 rings (SSSR count). The molecule has 0 unspecified atom stereocenters. The molecule has 59 heavy (non-hydrogen) atoms. The summed E-state index contributed by atoms with van der Waals surface area (Å²) in [5.74, 6) is 1.80. The minimum absolute atomic E-state index is 0.188. The number of hydrogen-bond donors (Lipinski definition) is 0. The van der Waals surface area contributed by atoms with Crippen LogP contribution in [0.4, 0.5) is 0 Å². The van der Waals surface area contributed by atoms with Crippen LogP contribution in [0.15, 0.2) is 186 Å². The summed E-state index contributed by atoms with van der Waals surface area (Å²) in [7, 11) is 0. The summed E-state index contributed by atoms with van der Waals surface area (Å²) in [4.78, 5) is 15.4. The maximum absolute atomic E-state index is 6.53. The zero-order valence-corrected chi connectivity index (χ0v) is 32.5. The molecular formula is C54H36N4O. The average Bonchev–Trinajstić information content (AvgIpc) is 3.92. The molecule has 11 aromatic rings. The Kier molecular flexibility index (Phi) is 7.20. The Morgan fingerprint density at radius 3 is 1.88 bits per heavy atom. The van der Waals surface area contributed by atoms with E-state index in [1.165, 1.54) is 38.5 Å². The predicted molar refractivity (Wildman–Crippen MR) is 241 cm³/mol. The minimum Gasteiger partial charge on any atom is -0.456 e. The van der Waals surface area contributed by atoms with E-state index in [1.54, 1.807) is 0 Å². The number of aromatic nitrogens is 4. The first-order chi connectivity index (χ1) is 29.0. The van der Waals surface area contributed by atoms with Gasteiger partial charge in [0.1, 0.15) is 11.2 Å². The second kappa shape index (κ2) is 12.7. The fourth-order valence-corrected chi connectivity index (χ4v) is 9.54. The van der Waals surface area contributed by atoms with Crippen LogP contribution in [0.5, 0.6) is 0 Å². The number of benzene rings is 8. The summed E-state index contributed by atoms with van der Waals surface area (Å²) < 4.78 is 8.97. The molecule has 1 aliphatic carbocycles. The molecule has 3 heterocycles. The second-order valence-corrected chi connectivity index (χ2v) is 16.0. The number of para-hydroxylation sites is 1. The first kappa shape index (κ1) is 33.5. The number of furan rings is 1. The maximum Gasteiger partial charge on any atom is 0.164 e. The van der Waals surface area contributed by atoms with E-state index in [4.69, 9.17) is 19.4 Å². The number of hydrogen-bond acceptors (Lipinski definition) is 4. The zero-order valence-electron chi connectivity index (χ0n) is 32.5. The van der Waals surface area contributed by atoms with E-state index in [0.717, 1.165) is 61.0 Å². The summed E-state index contributed by atoms with van der Waals surface area (Å²) in [6.07, 6.45) is 0. The minimum atomic E-state index is -0.188. The van der Waals surface area contributed by atoms with Gasteiger partial charge in [0, 0.05) is 49.3 Å². The lowest BCUT2D eigenvalue weighted by atomic mass is 9.81. The van der Waals surface area contributed by atoms with E-state index in [9.17, 15) is 0 Å². The van der Waals surface area contributed by atoms with Crippen molar-refractivity contribution in [3.63, 3.8) is 0 Å². The molecule has 5 nitrogen and oxygen atoms in total. The van der Waals surface area contributed by atoms with Crippen molar-refractivity contribution in [3.8, 4) is 62.1 Å². The number of fused-ring (bicyclic) bond motifs is 10. The van der Waals surface area contributed by atoms with Crippen molar-refractivity contribution in [2.45, 2.75) is 19.3 Å². The topological polar surface area (TPSA) is 56.7 Å². The molecule has 0 saturated carbocycles. The quantitative estimate of drug-likeness (QED) is 0.175. The van der Waals surface area contributed by atoms with E-state index in [-0.39, 0.29) is 5.41 Å². The summed E-state index contributed by atoms with van der Waals surface area (Å²) in [5, 5.41) is 4.63. The zero-order chi connectivity index (χ0) is 39.2. The van der Waals surface area contributed by atoms with Gasteiger partial charge in [0.05, 0.1) is 11.0 Å². The third kappa shape index (κ3) is 5.08. The molecule has 0 N–H and O–H groups in total. The van der Waals surface area contributed by atoms with Crippen molar-refractivity contribution in [2.75, 3.05) is 0 Å². The highest BCUT2D eigenvalue weighted by Crippen LogP contribution is 2.53.